The van der Waals surface area contributed by atoms with E-state index in [4.69, 9.17) is 17.3 Å². The van der Waals surface area contributed by atoms with Crippen LogP contribution in [-0.2, 0) is 6.54 Å². The number of nitrogens with two attached hydrogens (primary N) is 1. The molecule has 0 aliphatic rings. The molecule has 0 radical (unpaired) electrons. The lowest BCUT2D eigenvalue weighted by atomic mass is 10.1. The number of hydrogen-bond acceptors (Lipinski definition) is 2. The average molecular weight is 354 g/mol. The summed E-state index contributed by atoms with van der Waals surface area (Å²) < 4.78 is 0.993. The molecular weight excluding hydrogens is 336 g/mol. The molecule has 106 valence electrons. The van der Waals surface area contributed by atoms with Crippen molar-refractivity contribution >= 4 is 38.9 Å². The predicted octanol–water partition coefficient (Wildman–Crippen LogP) is 5.10. The third-order valence-corrected chi connectivity index (χ3v) is 3.99. The molecule has 0 aliphatic heterocycles. The van der Waals surface area contributed by atoms with Crippen molar-refractivity contribution < 1.29 is 0 Å². The highest BCUT2D eigenvalue weighted by Crippen LogP contribution is 2.28. The predicted molar refractivity (Wildman–Crippen MR) is 91.3 cm³/mol. The van der Waals surface area contributed by atoms with Crippen molar-refractivity contribution in [2.24, 2.45) is 0 Å². The van der Waals surface area contributed by atoms with E-state index < -0.39 is 0 Å². The summed E-state index contributed by atoms with van der Waals surface area (Å²) in [5.74, 6) is 0. The molecule has 0 fully saturated rings. The first-order chi connectivity index (χ1) is 9.61. The van der Waals surface area contributed by atoms with Gasteiger partial charge in [0.05, 0.1) is 11.4 Å². The molecule has 0 unspecified atom stereocenters. The molecule has 20 heavy (non-hydrogen) atoms. The lowest BCUT2D eigenvalue weighted by Crippen LogP contribution is -2.24. The molecule has 0 heterocycles. The van der Waals surface area contributed by atoms with E-state index in [2.05, 4.69) is 33.8 Å². The molecule has 0 aromatic heterocycles. The molecule has 4 heteroatoms. The number of nitrogens with zero attached hydrogens (tertiary/aromatic N) is 1. The summed E-state index contributed by atoms with van der Waals surface area (Å²) in [7, 11) is 0. The minimum Gasteiger partial charge on any atom is -0.397 e. The smallest absolute Gasteiger partial charge is 0.0602 e. The van der Waals surface area contributed by atoms with Crippen molar-refractivity contribution in [2.75, 3.05) is 17.2 Å². The van der Waals surface area contributed by atoms with E-state index in [1.54, 1.807) is 0 Å². The highest BCUT2D eigenvalue weighted by Gasteiger charge is 2.11. The molecule has 2 N–H and O–H groups in total. The summed E-state index contributed by atoms with van der Waals surface area (Å²) in [5.41, 5.74) is 9.05. The molecular formula is C16H18BrClN2. The second-order valence-corrected chi connectivity index (χ2v) is 6.04. The minimum absolute atomic E-state index is 0.758. The Morgan fingerprint density at radius 1 is 1.20 bits per heavy atom. The van der Waals surface area contributed by atoms with E-state index in [0.29, 0.717) is 0 Å². The molecule has 0 bridgehead atoms. The molecule has 0 saturated carbocycles. The summed E-state index contributed by atoms with van der Waals surface area (Å²) in [5, 5.41) is 0.773. The van der Waals surface area contributed by atoms with Crippen LogP contribution in [-0.4, -0.2) is 6.54 Å². The third kappa shape index (κ3) is 3.68. The molecule has 2 aromatic carbocycles. The average Bonchev–Trinajstić information content (AvgIpc) is 2.42. The molecule has 0 spiro atoms. The van der Waals surface area contributed by atoms with Gasteiger partial charge in [0.2, 0.25) is 0 Å². The van der Waals surface area contributed by atoms with E-state index in [0.717, 1.165) is 45.9 Å². The zero-order valence-electron chi connectivity index (χ0n) is 11.4. The fourth-order valence-corrected chi connectivity index (χ4v) is 2.92. The highest BCUT2D eigenvalue weighted by atomic mass is 79.9. The number of hydrogen-bond donors (Lipinski definition) is 1. The Hall–Kier alpha value is -1.19. The van der Waals surface area contributed by atoms with Crippen molar-refractivity contribution in [3.05, 3.63) is 57.5 Å². The molecule has 2 aromatic rings. The van der Waals surface area contributed by atoms with Gasteiger partial charge in [-0.05, 0) is 36.2 Å². The second kappa shape index (κ2) is 7.00. The van der Waals surface area contributed by atoms with Crippen LogP contribution in [0.15, 0.2) is 46.9 Å². The van der Waals surface area contributed by atoms with Gasteiger partial charge in [-0.3, -0.25) is 0 Å². The lowest BCUT2D eigenvalue weighted by molar-refractivity contribution is 0.768. The van der Waals surface area contributed by atoms with Gasteiger partial charge in [-0.25, -0.2) is 0 Å². The molecule has 0 aliphatic carbocycles. The summed E-state index contributed by atoms with van der Waals surface area (Å²) in [4.78, 5) is 2.27. The van der Waals surface area contributed by atoms with E-state index in [1.165, 1.54) is 0 Å². The van der Waals surface area contributed by atoms with Crippen LogP contribution in [0.25, 0.3) is 0 Å². The van der Waals surface area contributed by atoms with E-state index in [9.17, 15) is 0 Å². The van der Waals surface area contributed by atoms with E-state index in [1.807, 2.05) is 36.4 Å². The van der Waals surface area contributed by atoms with Crippen LogP contribution in [0, 0.1) is 0 Å². The summed E-state index contributed by atoms with van der Waals surface area (Å²) in [6, 6.07) is 13.9. The summed E-state index contributed by atoms with van der Waals surface area (Å²) >= 11 is 9.74. The molecule has 0 atom stereocenters. The largest absolute Gasteiger partial charge is 0.397 e. The standard InChI is InChI=1S/C16H18BrClN2/c1-2-9-20(16-6-4-3-5-15(16)19)11-12-7-8-13(17)10-14(12)18/h3-8,10H,2,9,11,19H2,1H3. The Kier molecular flexibility index (Phi) is 5.32. The quantitative estimate of drug-likeness (QED) is 0.758. The number of anilines is 2. The van der Waals surface area contributed by atoms with Crippen LogP contribution in [0.5, 0.6) is 0 Å². The highest BCUT2D eigenvalue weighted by molar-refractivity contribution is 9.10. The lowest BCUT2D eigenvalue weighted by Gasteiger charge is -2.26. The van der Waals surface area contributed by atoms with Gasteiger partial charge in [0.15, 0.2) is 0 Å². The van der Waals surface area contributed by atoms with Crippen LogP contribution in [0.2, 0.25) is 5.02 Å². The maximum Gasteiger partial charge on any atom is 0.0602 e. The van der Waals surface area contributed by atoms with Crippen molar-refractivity contribution in [1.29, 1.82) is 0 Å². The number of benzene rings is 2. The van der Waals surface area contributed by atoms with Crippen LogP contribution in [0.1, 0.15) is 18.9 Å². The first-order valence-corrected chi connectivity index (χ1v) is 7.82. The Morgan fingerprint density at radius 2 is 1.95 bits per heavy atom. The zero-order valence-corrected chi connectivity index (χ0v) is 13.8. The van der Waals surface area contributed by atoms with Gasteiger partial charge in [0.25, 0.3) is 0 Å². The van der Waals surface area contributed by atoms with Crippen molar-refractivity contribution in [1.82, 2.24) is 0 Å². The molecule has 2 nitrogen and oxygen atoms in total. The molecule has 2 rings (SSSR count). The Balaban J connectivity index is 2.28. The first-order valence-electron chi connectivity index (χ1n) is 6.65. The Labute approximate surface area is 133 Å². The monoisotopic (exact) mass is 352 g/mol. The van der Waals surface area contributed by atoms with Crippen LogP contribution in [0.3, 0.4) is 0 Å². The SMILES string of the molecule is CCCN(Cc1ccc(Br)cc1Cl)c1ccccc1N. The fraction of sp³-hybridized carbons (Fsp3) is 0.250. The number of rotatable bonds is 5. The Morgan fingerprint density at radius 3 is 2.60 bits per heavy atom. The summed E-state index contributed by atoms with van der Waals surface area (Å²) in [6.45, 7) is 3.87. The van der Waals surface area contributed by atoms with Gasteiger partial charge < -0.3 is 10.6 Å². The normalized spacial score (nSPS) is 10.6. The second-order valence-electron chi connectivity index (χ2n) is 4.72. The van der Waals surface area contributed by atoms with Gasteiger partial charge in [0, 0.05) is 22.6 Å². The van der Waals surface area contributed by atoms with Gasteiger partial charge >= 0.3 is 0 Å². The molecule has 0 saturated heterocycles. The van der Waals surface area contributed by atoms with Crippen molar-refractivity contribution in [3.8, 4) is 0 Å². The fourth-order valence-electron chi connectivity index (χ4n) is 2.19. The number of para-hydroxylation sites is 2. The zero-order chi connectivity index (χ0) is 14.5. The topological polar surface area (TPSA) is 29.3 Å². The summed E-state index contributed by atoms with van der Waals surface area (Å²) in [6.07, 6.45) is 1.06. The number of nitrogen functional groups attached to an aromatic ring is 1. The van der Waals surface area contributed by atoms with Gasteiger partial charge in [0.1, 0.15) is 0 Å². The van der Waals surface area contributed by atoms with Gasteiger partial charge in [-0.15, -0.1) is 0 Å². The minimum atomic E-state index is 0.758. The van der Waals surface area contributed by atoms with Gasteiger partial charge in [-0.2, -0.15) is 0 Å². The van der Waals surface area contributed by atoms with Crippen molar-refractivity contribution in [3.63, 3.8) is 0 Å². The van der Waals surface area contributed by atoms with Crippen molar-refractivity contribution in [2.45, 2.75) is 19.9 Å². The van der Waals surface area contributed by atoms with Crippen LogP contribution in [0.4, 0.5) is 11.4 Å². The molecule has 0 amide bonds. The maximum absolute atomic E-state index is 6.31. The first kappa shape index (κ1) is 15.2. The van der Waals surface area contributed by atoms with E-state index >= 15 is 0 Å². The third-order valence-electron chi connectivity index (χ3n) is 3.15. The Bertz CT molecular complexity index is 586. The number of halogens is 2. The van der Waals surface area contributed by atoms with Crippen LogP contribution < -0.4 is 10.6 Å². The van der Waals surface area contributed by atoms with Gasteiger partial charge in [-0.1, -0.05) is 52.7 Å². The van der Waals surface area contributed by atoms with Crippen LogP contribution >= 0.6 is 27.5 Å². The van der Waals surface area contributed by atoms with E-state index in [-0.39, 0.29) is 0 Å². The maximum atomic E-state index is 6.31.